The molecule has 0 saturated carbocycles. The highest BCUT2D eigenvalue weighted by molar-refractivity contribution is 8.00. The van der Waals surface area contributed by atoms with Crippen LogP contribution in [0.4, 0.5) is 5.69 Å². The van der Waals surface area contributed by atoms with Crippen molar-refractivity contribution in [3.63, 3.8) is 0 Å². The van der Waals surface area contributed by atoms with Crippen LogP contribution in [0.1, 0.15) is 30.1 Å². The summed E-state index contributed by atoms with van der Waals surface area (Å²) in [5, 5.41) is 3.37. The van der Waals surface area contributed by atoms with Crippen LogP contribution in [0.15, 0.2) is 18.2 Å². The van der Waals surface area contributed by atoms with Crippen LogP contribution in [-0.2, 0) is 0 Å². The molecule has 1 amide bonds. The molecule has 1 aromatic rings. The number of halogens is 1. The summed E-state index contributed by atoms with van der Waals surface area (Å²) in [6.45, 7) is 2.86. The lowest BCUT2D eigenvalue weighted by Gasteiger charge is -2.23. The summed E-state index contributed by atoms with van der Waals surface area (Å²) in [6.07, 6.45) is 2.36. The molecule has 1 atom stereocenters. The van der Waals surface area contributed by atoms with Crippen LogP contribution < -0.4 is 11.1 Å². The quantitative estimate of drug-likeness (QED) is 0.839. The summed E-state index contributed by atoms with van der Waals surface area (Å²) in [6, 6.07) is 5.11. The molecule has 0 radical (unpaired) electrons. The number of para-hydroxylation sites is 1. The van der Waals surface area contributed by atoms with E-state index >= 15 is 0 Å². The molecule has 0 aromatic heterocycles. The monoisotopic (exact) mass is 284 g/mol. The normalized spacial score (nSPS) is 23.0. The Morgan fingerprint density at radius 2 is 2.39 bits per heavy atom. The maximum Gasteiger partial charge on any atom is 0.253 e. The number of benzene rings is 1. The van der Waals surface area contributed by atoms with E-state index in [1.165, 1.54) is 12.2 Å². The highest BCUT2D eigenvalue weighted by Gasteiger charge is 2.30. The first kappa shape index (κ1) is 13.6. The Kier molecular flexibility index (Phi) is 4.07. The van der Waals surface area contributed by atoms with E-state index < -0.39 is 0 Å². The van der Waals surface area contributed by atoms with Gasteiger partial charge in [0.15, 0.2) is 0 Å². The topological polar surface area (TPSA) is 55.1 Å². The molecule has 3 N–H and O–H groups in total. The van der Waals surface area contributed by atoms with Crippen LogP contribution in [0.3, 0.4) is 0 Å². The average Bonchev–Trinajstić information content (AvgIpc) is 2.77. The Hall–Kier alpha value is -0.870. The number of rotatable bonds is 3. The van der Waals surface area contributed by atoms with Gasteiger partial charge in [0.2, 0.25) is 0 Å². The van der Waals surface area contributed by atoms with Gasteiger partial charge in [-0.25, -0.2) is 0 Å². The van der Waals surface area contributed by atoms with Crippen molar-refractivity contribution in [2.24, 2.45) is 0 Å². The average molecular weight is 285 g/mol. The van der Waals surface area contributed by atoms with Crippen molar-refractivity contribution < 1.29 is 4.79 Å². The molecule has 5 heteroatoms. The van der Waals surface area contributed by atoms with Gasteiger partial charge in [0.05, 0.1) is 16.3 Å². The molecule has 1 heterocycles. The zero-order valence-electron chi connectivity index (χ0n) is 10.3. The van der Waals surface area contributed by atoms with Gasteiger partial charge in [-0.05, 0) is 37.7 Å². The SMILES string of the molecule is CC1(CNC(=O)c2cccc(Cl)c2N)CCCS1. The zero-order valence-corrected chi connectivity index (χ0v) is 11.9. The van der Waals surface area contributed by atoms with Crippen molar-refractivity contribution in [3.8, 4) is 0 Å². The third-order valence-corrected chi connectivity index (χ3v) is 5.09. The van der Waals surface area contributed by atoms with Crippen LogP contribution in [0, 0.1) is 0 Å². The predicted molar refractivity (Wildman–Crippen MR) is 78.3 cm³/mol. The van der Waals surface area contributed by atoms with Gasteiger partial charge in [0, 0.05) is 11.3 Å². The van der Waals surface area contributed by atoms with E-state index in [0.29, 0.717) is 22.8 Å². The van der Waals surface area contributed by atoms with Gasteiger partial charge in [-0.3, -0.25) is 4.79 Å². The maximum atomic E-state index is 12.1. The first-order chi connectivity index (χ1) is 8.52. The van der Waals surface area contributed by atoms with Crippen molar-refractivity contribution in [2.75, 3.05) is 18.0 Å². The molecule has 1 aliphatic heterocycles. The number of nitrogens with one attached hydrogen (secondary N) is 1. The maximum absolute atomic E-state index is 12.1. The largest absolute Gasteiger partial charge is 0.397 e. The van der Waals surface area contributed by atoms with Gasteiger partial charge in [0.1, 0.15) is 0 Å². The first-order valence-corrected chi connectivity index (χ1v) is 7.34. The molecule has 1 unspecified atom stereocenters. The summed E-state index contributed by atoms with van der Waals surface area (Å²) in [4.78, 5) is 12.1. The third-order valence-electron chi connectivity index (χ3n) is 3.22. The van der Waals surface area contributed by atoms with Crippen molar-refractivity contribution in [2.45, 2.75) is 24.5 Å². The molecular formula is C13H17ClN2OS. The summed E-state index contributed by atoms with van der Waals surface area (Å²) >= 11 is 7.82. The Balaban J connectivity index is 2.01. The summed E-state index contributed by atoms with van der Waals surface area (Å²) in [5.41, 5.74) is 6.60. The second-order valence-electron chi connectivity index (χ2n) is 4.79. The summed E-state index contributed by atoms with van der Waals surface area (Å²) in [5.74, 6) is 1.02. The van der Waals surface area contributed by atoms with Crippen LogP contribution >= 0.6 is 23.4 Å². The minimum absolute atomic E-state index is 0.149. The predicted octanol–water partition coefficient (Wildman–Crippen LogP) is 2.94. The molecular weight excluding hydrogens is 268 g/mol. The fraction of sp³-hybridized carbons (Fsp3) is 0.462. The van der Waals surface area contributed by atoms with Crippen LogP contribution in [0.5, 0.6) is 0 Å². The smallest absolute Gasteiger partial charge is 0.253 e. The van der Waals surface area contributed by atoms with E-state index in [1.807, 2.05) is 11.8 Å². The molecule has 0 bridgehead atoms. The molecule has 1 saturated heterocycles. The van der Waals surface area contributed by atoms with Crippen molar-refractivity contribution in [3.05, 3.63) is 28.8 Å². The highest BCUT2D eigenvalue weighted by atomic mass is 35.5. The standard InChI is InChI=1S/C13H17ClN2OS/c1-13(6-3-7-18-13)8-16-12(17)9-4-2-5-10(14)11(9)15/h2,4-5H,3,6-8,15H2,1H3,(H,16,17). The Labute approximate surface area is 116 Å². The van der Waals surface area contributed by atoms with Crippen LogP contribution in [0.2, 0.25) is 5.02 Å². The van der Waals surface area contributed by atoms with E-state index in [9.17, 15) is 4.79 Å². The fourth-order valence-corrected chi connectivity index (χ4v) is 3.49. The van der Waals surface area contributed by atoms with Gasteiger partial charge in [-0.1, -0.05) is 17.7 Å². The van der Waals surface area contributed by atoms with E-state index in [2.05, 4.69) is 12.2 Å². The first-order valence-electron chi connectivity index (χ1n) is 5.98. The lowest BCUT2D eigenvalue weighted by Crippen LogP contribution is -2.37. The molecule has 0 aliphatic carbocycles. The molecule has 1 fully saturated rings. The van der Waals surface area contributed by atoms with E-state index in [-0.39, 0.29) is 10.7 Å². The summed E-state index contributed by atoms with van der Waals surface area (Å²) in [7, 11) is 0. The lowest BCUT2D eigenvalue weighted by molar-refractivity contribution is 0.0951. The van der Waals surface area contributed by atoms with E-state index in [1.54, 1.807) is 18.2 Å². The van der Waals surface area contributed by atoms with Crippen molar-refractivity contribution in [1.29, 1.82) is 0 Å². The number of carbonyl (C=O) groups excluding carboxylic acids is 1. The van der Waals surface area contributed by atoms with Crippen LogP contribution in [-0.4, -0.2) is 23.0 Å². The second kappa shape index (κ2) is 5.41. The minimum atomic E-state index is -0.149. The zero-order chi connectivity index (χ0) is 13.2. The van der Waals surface area contributed by atoms with Gasteiger partial charge in [0.25, 0.3) is 5.91 Å². The number of nitrogen functional groups attached to an aromatic ring is 1. The highest BCUT2D eigenvalue weighted by Crippen LogP contribution is 2.37. The molecule has 3 nitrogen and oxygen atoms in total. The molecule has 18 heavy (non-hydrogen) atoms. The number of amides is 1. The molecule has 0 spiro atoms. The van der Waals surface area contributed by atoms with Gasteiger partial charge in [-0.2, -0.15) is 11.8 Å². The summed E-state index contributed by atoms with van der Waals surface area (Å²) < 4.78 is 0.156. The number of hydrogen-bond donors (Lipinski definition) is 2. The molecule has 2 rings (SSSR count). The van der Waals surface area contributed by atoms with E-state index in [0.717, 1.165) is 6.42 Å². The Morgan fingerprint density at radius 3 is 3.06 bits per heavy atom. The Morgan fingerprint density at radius 1 is 1.61 bits per heavy atom. The minimum Gasteiger partial charge on any atom is -0.397 e. The third kappa shape index (κ3) is 2.93. The Bertz CT molecular complexity index is 458. The lowest BCUT2D eigenvalue weighted by atomic mass is 10.1. The van der Waals surface area contributed by atoms with Crippen molar-refractivity contribution in [1.82, 2.24) is 5.32 Å². The van der Waals surface area contributed by atoms with Gasteiger partial charge in [-0.15, -0.1) is 0 Å². The number of anilines is 1. The van der Waals surface area contributed by atoms with Gasteiger partial charge >= 0.3 is 0 Å². The fourth-order valence-electron chi connectivity index (χ4n) is 2.07. The van der Waals surface area contributed by atoms with E-state index in [4.69, 9.17) is 17.3 Å². The van der Waals surface area contributed by atoms with Gasteiger partial charge < -0.3 is 11.1 Å². The number of thioether (sulfide) groups is 1. The van der Waals surface area contributed by atoms with Crippen molar-refractivity contribution >= 4 is 35.0 Å². The molecule has 98 valence electrons. The molecule has 1 aliphatic rings. The molecule has 1 aromatic carbocycles. The number of hydrogen-bond acceptors (Lipinski definition) is 3. The number of carbonyl (C=O) groups is 1. The number of nitrogens with two attached hydrogens (primary N) is 1. The van der Waals surface area contributed by atoms with Crippen LogP contribution in [0.25, 0.3) is 0 Å². The second-order valence-corrected chi connectivity index (χ2v) is 6.88.